The molecule has 0 saturated heterocycles. The van der Waals surface area contributed by atoms with Gasteiger partial charge in [0, 0.05) is 6.07 Å². The van der Waals surface area contributed by atoms with Gasteiger partial charge in [-0.1, -0.05) is 18.2 Å². The molecule has 2 aromatic rings. The zero-order valence-electron chi connectivity index (χ0n) is 9.33. The molecule has 0 radical (unpaired) electrons. The number of hydrogen-bond acceptors (Lipinski definition) is 4. The number of hydrogen-bond donors (Lipinski definition) is 1. The molecule has 1 aromatic carbocycles. The first kappa shape index (κ1) is 15.4. The number of aromatic hydroxyl groups is 1. The molecule has 0 spiro atoms. The number of ether oxygens (including phenoxy) is 1. The molecule has 0 bridgehead atoms. The molecular formula is C12H13KN2O3. The summed E-state index contributed by atoms with van der Waals surface area (Å²) in [5.74, 6) is -0.642. The van der Waals surface area contributed by atoms with Gasteiger partial charge in [0.1, 0.15) is 0 Å². The van der Waals surface area contributed by atoms with Crippen LogP contribution in [-0.2, 0) is 4.74 Å². The fourth-order valence-electron chi connectivity index (χ4n) is 1.44. The number of para-hydroxylation sites is 1. The van der Waals surface area contributed by atoms with E-state index in [0.717, 1.165) is 0 Å². The molecule has 0 atom stereocenters. The number of aromatic nitrogens is 2. The van der Waals surface area contributed by atoms with Crippen LogP contribution < -0.4 is 0 Å². The van der Waals surface area contributed by atoms with Crippen molar-refractivity contribution in [3.05, 3.63) is 42.1 Å². The summed E-state index contributed by atoms with van der Waals surface area (Å²) in [4.78, 5) is 11.4. The quantitative estimate of drug-likeness (QED) is 0.671. The minimum absolute atomic E-state index is 0. The third-order valence-corrected chi connectivity index (χ3v) is 2.18. The molecule has 90 valence electrons. The van der Waals surface area contributed by atoms with E-state index in [0.29, 0.717) is 5.69 Å². The monoisotopic (exact) mass is 272 g/mol. The van der Waals surface area contributed by atoms with E-state index >= 15 is 0 Å². The predicted octanol–water partition coefficient (Wildman–Crippen LogP) is 1.11. The molecule has 0 amide bonds. The molecule has 0 aliphatic rings. The molecule has 0 unspecified atom stereocenters. The molecule has 0 fully saturated rings. The zero-order chi connectivity index (χ0) is 12.3. The molecule has 1 heterocycles. The van der Waals surface area contributed by atoms with Gasteiger partial charge in [0.2, 0.25) is 5.88 Å². The van der Waals surface area contributed by atoms with Crippen molar-refractivity contribution < 1.29 is 14.6 Å². The number of carbonyl (C=O) groups excluding carboxylic acids is 1. The Labute approximate surface area is 147 Å². The van der Waals surface area contributed by atoms with Crippen LogP contribution in [0.5, 0.6) is 5.88 Å². The van der Waals surface area contributed by atoms with Crippen LogP contribution in [0.25, 0.3) is 5.69 Å². The van der Waals surface area contributed by atoms with Crippen molar-refractivity contribution in [2.75, 3.05) is 6.61 Å². The molecule has 0 aliphatic heterocycles. The normalized spacial score (nSPS) is 9.61. The van der Waals surface area contributed by atoms with Gasteiger partial charge in [-0.15, -0.1) is 0 Å². The van der Waals surface area contributed by atoms with E-state index in [4.69, 9.17) is 4.74 Å². The SMILES string of the molecule is CCOC(=O)c1cc(O)n(-c2ccccc2)n1.[KH]. The van der Waals surface area contributed by atoms with E-state index in [1.807, 2.05) is 18.2 Å². The van der Waals surface area contributed by atoms with E-state index in [1.165, 1.54) is 10.7 Å². The molecular weight excluding hydrogens is 259 g/mol. The van der Waals surface area contributed by atoms with Gasteiger partial charge in [-0.25, -0.2) is 9.48 Å². The number of benzene rings is 1. The van der Waals surface area contributed by atoms with Crippen LogP contribution in [0.4, 0.5) is 0 Å². The van der Waals surface area contributed by atoms with Crippen LogP contribution in [0.1, 0.15) is 17.4 Å². The van der Waals surface area contributed by atoms with E-state index in [2.05, 4.69) is 5.10 Å². The van der Waals surface area contributed by atoms with E-state index in [-0.39, 0.29) is 69.6 Å². The maximum absolute atomic E-state index is 11.4. The van der Waals surface area contributed by atoms with Gasteiger partial charge in [-0.3, -0.25) is 0 Å². The van der Waals surface area contributed by atoms with E-state index in [9.17, 15) is 9.90 Å². The van der Waals surface area contributed by atoms with Gasteiger partial charge < -0.3 is 9.84 Å². The second-order valence-corrected chi connectivity index (χ2v) is 3.36. The van der Waals surface area contributed by atoms with E-state index < -0.39 is 5.97 Å². The molecule has 1 N–H and O–H groups in total. The summed E-state index contributed by atoms with van der Waals surface area (Å²) in [6.07, 6.45) is 0. The average molecular weight is 272 g/mol. The molecule has 18 heavy (non-hydrogen) atoms. The summed E-state index contributed by atoms with van der Waals surface area (Å²) in [5.41, 5.74) is 0.772. The summed E-state index contributed by atoms with van der Waals surface area (Å²) >= 11 is 0. The maximum atomic E-state index is 11.4. The van der Waals surface area contributed by atoms with Crippen molar-refractivity contribution in [1.29, 1.82) is 0 Å². The van der Waals surface area contributed by atoms with Crippen LogP contribution in [-0.4, -0.2) is 78.8 Å². The Hall–Kier alpha value is -0.664. The molecule has 0 saturated carbocycles. The summed E-state index contributed by atoms with van der Waals surface area (Å²) in [7, 11) is 0. The first-order valence-electron chi connectivity index (χ1n) is 5.24. The Balaban J connectivity index is 0.00000162. The van der Waals surface area contributed by atoms with Crippen LogP contribution in [0.2, 0.25) is 0 Å². The fourth-order valence-corrected chi connectivity index (χ4v) is 1.44. The Morgan fingerprint density at radius 2 is 2.06 bits per heavy atom. The molecule has 6 heteroatoms. The minimum atomic E-state index is -0.544. The Bertz CT molecular complexity index is 525. The van der Waals surface area contributed by atoms with Crippen LogP contribution in [0.3, 0.4) is 0 Å². The van der Waals surface area contributed by atoms with Crippen LogP contribution in [0.15, 0.2) is 36.4 Å². The van der Waals surface area contributed by atoms with Crippen LogP contribution >= 0.6 is 0 Å². The van der Waals surface area contributed by atoms with E-state index in [1.54, 1.807) is 19.1 Å². The Morgan fingerprint density at radius 1 is 1.39 bits per heavy atom. The summed E-state index contributed by atoms with van der Waals surface area (Å²) < 4.78 is 6.09. The third kappa shape index (κ3) is 3.43. The fraction of sp³-hybridized carbons (Fsp3) is 0.167. The number of nitrogens with zero attached hydrogens (tertiary/aromatic N) is 2. The van der Waals surface area contributed by atoms with Crippen molar-refractivity contribution in [1.82, 2.24) is 9.78 Å². The van der Waals surface area contributed by atoms with Gasteiger partial charge in [-0.05, 0) is 19.1 Å². The topological polar surface area (TPSA) is 64.3 Å². The van der Waals surface area contributed by atoms with Crippen molar-refractivity contribution in [3.8, 4) is 11.6 Å². The zero-order valence-corrected chi connectivity index (χ0v) is 9.33. The average Bonchev–Trinajstić information content (AvgIpc) is 2.73. The van der Waals surface area contributed by atoms with Crippen molar-refractivity contribution in [2.45, 2.75) is 6.92 Å². The summed E-state index contributed by atoms with van der Waals surface area (Å²) in [5, 5.41) is 13.7. The molecule has 1 aromatic heterocycles. The Kier molecular flexibility index (Phi) is 6.03. The summed E-state index contributed by atoms with van der Waals surface area (Å²) in [6, 6.07) is 10.3. The Morgan fingerprint density at radius 3 is 2.67 bits per heavy atom. The van der Waals surface area contributed by atoms with Crippen molar-refractivity contribution >= 4 is 57.4 Å². The number of esters is 1. The van der Waals surface area contributed by atoms with Crippen molar-refractivity contribution in [2.24, 2.45) is 0 Å². The van der Waals surface area contributed by atoms with Gasteiger partial charge in [0.25, 0.3) is 0 Å². The third-order valence-electron chi connectivity index (χ3n) is 2.18. The molecule has 5 nitrogen and oxygen atoms in total. The van der Waals surface area contributed by atoms with Gasteiger partial charge >= 0.3 is 57.4 Å². The number of rotatable bonds is 3. The number of carbonyl (C=O) groups is 1. The first-order valence-corrected chi connectivity index (χ1v) is 5.24. The van der Waals surface area contributed by atoms with Gasteiger partial charge in [0.05, 0.1) is 12.3 Å². The van der Waals surface area contributed by atoms with Crippen LogP contribution in [0, 0.1) is 0 Å². The predicted molar refractivity (Wildman–Crippen MR) is 68.3 cm³/mol. The second kappa shape index (κ2) is 7.06. The summed E-state index contributed by atoms with van der Waals surface area (Å²) in [6.45, 7) is 1.99. The second-order valence-electron chi connectivity index (χ2n) is 3.36. The van der Waals surface area contributed by atoms with Gasteiger partial charge in [0.15, 0.2) is 5.69 Å². The first-order chi connectivity index (χ1) is 8.22. The van der Waals surface area contributed by atoms with Gasteiger partial charge in [-0.2, -0.15) is 5.10 Å². The molecule has 2 rings (SSSR count). The molecule has 0 aliphatic carbocycles. The standard InChI is InChI=1S/C12H12N2O3.K.H/c1-2-17-12(16)10-8-11(15)14(13-10)9-6-4-3-5-7-9;;/h3-8,15H,2H2,1H3;;. The van der Waals surface area contributed by atoms with Crippen molar-refractivity contribution in [3.63, 3.8) is 0 Å².